The zero-order chi connectivity index (χ0) is 15.9. The number of phenolic OH excluding ortho intramolecular Hbond substituents is 1. The van der Waals surface area contributed by atoms with Gasteiger partial charge in [0.2, 0.25) is 0 Å². The molecule has 0 aliphatic heterocycles. The maximum atomic E-state index is 12.0. The molecule has 0 spiro atoms. The van der Waals surface area contributed by atoms with Crippen LogP contribution in [-0.4, -0.2) is 31.9 Å². The summed E-state index contributed by atoms with van der Waals surface area (Å²) in [6.07, 6.45) is 0. The monoisotopic (exact) mass is 302 g/mol. The third kappa shape index (κ3) is 3.91. The highest BCUT2D eigenvalue weighted by Crippen LogP contribution is 2.24. The van der Waals surface area contributed by atoms with E-state index in [0.29, 0.717) is 11.5 Å². The van der Waals surface area contributed by atoms with Crippen molar-refractivity contribution in [1.29, 1.82) is 0 Å². The number of esters is 1. The number of hydrogen-bond acceptors (Lipinski definition) is 5. The Hall–Kier alpha value is -2.69. The molecule has 0 aliphatic carbocycles. The molecule has 2 rings (SSSR count). The number of carbonyl (C=O) groups is 1. The summed E-state index contributed by atoms with van der Waals surface area (Å²) in [5.74, 6) is 0.441. The Morgan fingerprint density at radius 2 is 1.82 bits per heavy atom. The van der Waals surface area contributed by atoms with E-state index < -0.39 is 5.92 Å². The van der Waals surface area contributed by atoms with Crippen molar-refractivity contribution in [1.82, 2.24) is 0 Å². The zero-order valence-corrected chi connectivity index (χ0v) is 12.5. The van der Waals surface area contributed by atoms with Crippen molar-refractivity contribution in [2.24, 2.45) is 0 Å². The fourth-order valence-electron chi connectivity index (χ4n) is 2.02. The Kier molecular flexibility index (Phi) is 5.25. The molecule has 2 aromatic carbocycles. The average Bonchev–Trinajstić information content (AvgIpc) is 2.56. The summed E-state index contributed by atoms with van der Waals surface area (Å²) in [6.45, 7) is 0.130. The van der Waals surface area contributed by atoms with Gasteiger partial charge in [0.15, 0.2) is 0 Å². The average molecular weight is 302 g/mol. The van der Waals surface area contributed by atoms with Gasteiger partial charge in [-0.25, -0.2) is 0 Å². The molecule has 0 radical (unpaired) electrons. The number of ether oxygens (including phenoxy) is 3. The molecule has 0 aliphatic rings. The number of benzene rings is 2. The summed E-state index contributed by atoms with van der Waals surface area (Å²) in [5, 5.41) is 9.25. The molecule has 2 aromatic rings. The second kappa shape index (κ2) is 7.36. The minimum Gasteiger partial charge on any atom is -0.508 e. The molecule has 0 bridgehead atoms. The highest BCUT2D eigenvalue weighted by atomic mass is 16.5. The number of hydrogen-bond donors (Lipinski definition) is 1. The number of rotatable bonds is 6. The number of carbonyl (C=O) groups excluding carboxylic acids is 1. The Bertz CT molecular complexity index is 621. The van der Waals surface area contributed by atoms with Crippen LogP contribution in [0.3, 0.4) is 0 Å². The van der Waals surface area contributed by atoms with Gasteiger partial charge in [-0.3, -0.25) is 4.79 Å². The summed E-state index contributed by atoms with van der Waals surface area (Å²) in [7, 11) is 2.91. The summed E-state index contributed by atoms with van der Waals surface area (Å²) in [5.41, 5.74) is 0.755. The lowest BCUT2D eigenvalue weighted by Crippen LogP contribution is -2.21. The first-order valence-corrected chi connectivity index (χ1v) is 6.77. The smallest absolute Gasteiger partial charge is 0.316 e. The van der Waals surface area contributed by atoms with Gasteiger partial charge in [-0.05, 0) is 42.0 Å². The zero-order valence-electron chi connectivity index (χ0n) is 12.5. The van der Waals surface area contributed by atoms with E-state index in [4.69, 9.17) is 14.2 Å². The van der Waals surface area contributed by atoms with E-state index in [9.17, 15) is 9.90 Å². The largest absolute Gasteiger partial charge is 0.508 e. The maximum Gasteiger partial charge on any atom is 0.316 e. The molecule has 22 heavy (non-hydrogen) atoms. The first kappa shape index (κ1) is 15.7. The van der Waals surface area contributed by atoms with Gasteiger partial charge < -0.3 is 19.3 Å². The quantitative estimate of drug-likeness (QED) is 0.831. The van der Waals surface area contributed by atoms with Gasteiger partial charge in [-0.15, -0.1) is 0 Å². The van der Waals surface area contributed by atoms with Crippen molar-refractivity contribution in [2.75, 3.05) is 20.8 Å². The fraction of sp³-hybridized carbons (Fsp3) is 0.235. The molecular weight excluding hydrogens is 284 g/mol. The highest BCUT2D eigenvalue weighted by molar-refractivity contribution is 5.78. The number of methoxy groups -OCH3 is 2. The van der Waals surface area contributed by atoms with Gasteiger partial charge >= 0.3 is 5.97 Å². The summed E-state index contributed by atoms with van der Waals surface area (Å²) in [6, 6.07) is 13.5. The molecular formula is C17H18O5. The molecule has 1 atom stereocenters. The van der Waals surface area contributed by atoms with Gasteiger partial charge in [0, 0.05) is 0 Å². The van der Waals surface area contributed by atoms with E-state index >= 15 is 0 Å². The van der Waals surface area contributed by atoms with E-state index in [1.165, 1.54) is 19.2 Å². The molecule has 116 valence electrons. The second-order valence-corrected chi connectivity index (χ2v) is 4.66. The van der Waals surface area contributed by atoms with Crippen LogP contribution in [-0.2, 0) is 9.53 Å². The Morgan fingerprint density at radius 1 is 1.09 bits per heavy atom. The lowest BCUT2D eigenvalue weighted by atomic mass is 10.00. The van der Waals surface area contributed by atoms with Crippen LogP contribution in [0, 0.1) is 0 Å². The van der Waals surface area contributed by atoms with Crippen LogP contribution in [0.15, 0.2) is 48.5 Å². The standard InChI is InChI=1S/C17H18O5/c1-20-15-5-3-4-12(10-15)16(17(19)21-2)11-22-14-8-6-13(18)7-9-14/h3-10,16,18H,11H2,1-2H3. The van der Waals surface area contributed by atoms with Crippen LogP contribution in [0.25, 0.3) is 0 Å². The second-order valence-electron chi connectivity index (χ2n) is 4.66. The van der Waals surface area contributed by atoms with Crippen LogP contribution < -0.4 is 9.47 Å². The van der Waals surface area contributed by atoms with Crippen LogP contribution in [0.2, 0.25) is 0 Å². The van der Waals surface area contributed by atoms with E-state index in [0.717, 1.165) is 5.56 Å². The summed E-state index contributed by atoms with van der Waals surface area (Å²) in [4.78, 5) is 12.0. The van der Waals surface area contributed by atoms with Gasteiger partial charge in [0.05, 0.1) is 14.2 Å². The van der Waals surface area contributed by atoms with Gasteiger partial charge in [0.25, 0.3) is 0 Å². The van der Waals surface area contributed by atoms with Crippen LogP contribution in [0.1, 0.15) is 11.5 Å². The Morgan fingerprint density at radius 3 is 2.45 bits per heavy atom. The normalized spacial score (nSPS) is 11.5. The molecule has 5 nitrogen and oxygen atoms in total. The molecule has 0 saturated heterocycles. The van der Waals surface area contributed by atoms with Crippen molar-refractivity contribution in [2.45, 2.75) is 5.92 Å². The SMILES string of the molecule is COC(=O)C(COc1ccc(O)cc1)c1cccc(OC)c1. The minimum absolute atomic E-state index is 0.130. The highest BCUT2D eigenvalue weighted by Gasteiger charge is 2.23. The lowest BCUT2D eigenvalue weighted by Gasteiger charge is -2.16. The molecule has 1 N–H and O–H groups in total. The Labute approximate surface area is 129 Å². The Balaban J connectivity index is 2.15. The van der Waals surface area contributed by atoms with Crippen molar-refractivity contribution in [3.05, 3.63) is 54.1 Å². The van der Waals surface area contributed by atoms with Crippen molar-refractivity contribution < 1.29 is 24.1 Å². The van der Waals surface area contributed by atoms with Gasteiger partial charge in [0.1, 0.15) is 29.8 Å². The molecule has 0 fully saturated rings. The van der Waals surface area contributed by atoms with E-state index in [1.807, 2.05) is 12.1 Å². The number of aromatic hydroxyl groups is 1. The van der Waals surface area contributed by atoms with Crippen molar-refractivity contribution in [3.63, 3.8) is 0 Å². The molecule has 0 amide bonds. The maximum absolute atomic E-state index is 12.0. The van der Waals surface area contributed by atoms with Crippen molar-refractivity contribution in [3.8, 4) is 17.2 Å². The fourth-order valence-corrected chi connectivity index (χ4v) is 2.02. The molecule has 5 heteroatoms. The lowest BCUT2D eigenvalue weighted by molar-refractivity contribution is -0.143. The molecule has 1 unspecified atom stereocenters. The topological polar surface area (TPSA) is 65.0 Å². The van der Waals surface area contributed by atoms with Gasteiger partial charge in [-0.1, -0.05) is 12.1 Å². The molecule has 0 heterocycles. The van der Waals surface area contributed by atoms with Crippen LogP contribution in [0.4, 0.5) is 0 Å². The third-order valence-corrected chi connectivity index (χ3v) is 3.24. The molecule has 0 saturated carbocycles. The summed E-state index contributed by atoms with van der Waals surface area (Å²) >= 11 is 0. The number of phenols is 1. The predicted molar refractivity (Wildman–Crippen MR) is 81.4 cm³/mol. The van der Waals surface area contributed by atoms with E-state index in [2.05, 4.69) is 0 Å². The first-order valence-electron chi connectivity index (χ1n) is 6.77. The predicted octanol–water partition coefficient (Wildman–Crippen LogP) is 2.74. The molecule has 0 aromatic heterocycles. The van der Waals surface area contributed by atoms with E-state index in [-0.39, 0.29) is 18.3 Å². The van der Waals surface area contributed by atoms with Crippen molar-refractivity contribution >= 4 is 5.97 Å². The van der Waals surface area contributed by atoms with Crippen LogP contribution in [0.5, 0.6) is 17.2 Å². The first-order chi connectivity index (χ1) is 10.6. The van der Waals surface area contributed by atoms with E-state index in [1.54, 1.807) is 31.4 Å². The van der Waals surface area contributed by atoms with Crippen LogP contribution >= 0.6 is 0 Å². The minimum atomic E-state index is -0.561. The third-order valence-electron chi connectivity index (χ3n) is 3.24. The summed E-state index contributed by atoms with van der Waals surface area (Å²) < 4.78 is 15.6. The van der Waals surface area contributed by atoms with Gasteiger partial charge in [-0.2, -0.15) is 0 Å².